The van der Waals surface area contributed by atoms with Crippen LogP contribution < -0.4 is 0 Å². The predicted octanol–water partition coefficient (Wildman–Crippen LogP) is 4.31. The third kappa shape index (κ3) is 3.40. The number of pyridine rings is 1. The lowest BCUT2D eigenvalue weighted by molar-refractivity contribution is 0.0549. The van der Waals surface area contributed by atoms with Gasteiger partial charge in [-0.25, -0.2) is 19.3 Å². The van der Waals surface area contributed by atoms with Crippen LogP contribution in [0.4, 0.5) is 0 Å². The Hall–Kier alpha value is -3.71. The molecule has 0 aliphatic heterocycles. The number of fused-ring (bicyclic) bond motifs is 1. The highest BCUT2D eigenvalue weighted by atomic mass is 35.5. The Morgan fingerprint density at radius 3 is 2.37 bits per heavy atom. The fraction of sp³-hybridized carbons (Fsp3) is 0.0909. The van der Waals surface area contributed by atoms with Gasteiger partial charge in [0, 0.05) is 10.9 Å². The maximum Gasteiger partial charge on any atom is 0.357 e. The number of ether oxygens (including phenoxy) is 2. The first-order valence-corrected chi connectivity index (χ1v) is 9.33. The lowest BCUT2D eigenvalue weighted by Gasteiger charge is -2.07. The minimum absolute atomic E-state index is 0.0140. The van der Waals surface area contributed by atoms with Crippen LogP contribution >= 0.6 is 11.6 Å². The molecule has 0 fully saturated rings. The number of halogens is 1. The zero-order valence-electron chi connectivity index (χ0n) is 16.1. The van der Waals surface area contributed by atoms with Crippen LogP contribution in [0.5, 0.6) is 0 Å². The molecule has 0 radical (unpaired) electrons. The molecule has 0 aliphatic carbocycles. The number of carbonyl (C=O) groups excluding carboxylic acids is 2. The largest absolute Gasteiger partial charge is 0.465 e. The molecule has 0 atom stereocenters. The zero-order chi connectivity index (χ0) is 21.3. The number of carbonyl (C=O) groups is 2. The molecule has 0 saturated carbocycles. The molecule has 0 aliphatic rings. The van der Waals surface area contributed by atoms with Gasteiger partial charge in [0.05, 0.1) is 25.4 Å². The topological polar surface area (TPSA) is 83.3 Å². The summed E-state index contributed by atoms with van der Waals surface area (Å²) in [6.07, 6.45) is 0. The van der Waals surface area contributed by atoms with Crippen molar-refractivity contribution in [2.45, 2.75) is 0 Å². The molecular formula is C22H16ClN3O4. The third-order valence-corrected chi connectivity index (χ3v) is 4.79. The van der Waals surface area contributed by atoms with E-state index >= 15 is 0 Å². The number of hydrogen-bond acceptors (Lipinski definition) is 6. The molecular weight excluding hydrogens is 406 g/mol. The van der Waals surface area contributed by atoms with Crippen molar-refractivity contribution >= 4 is 34.4 Å². The van der Waals surface area contributed by atoms with Gasteiger partial charge >= 0.3 is 11.9 Å². The molecule has 2 aromatic heterocycles. The van der Waals surface area contributed by atoms with Gasteiger partial charge in [0.25, 0.3) is 0 Å². The van der Waals surface area contributed by atoms with E-state index in [2.05, 4.69) is 10.1 Å². The summed E-state index contributed by atoms with van der Waals surface area (Å²) in [5.74, 6) is -1.39. The van der Waals surface area contributed by atoms with Crippen molar-refractivity contribution < 1.29 is 19.1 Å². The first-order chi connectivity index (χ1) is 14.5. The quantitative estimate of drug-likeness (QED) is 0.360. The first kappa shape index (κ1) is 19.6. The number of aromatic nitrogens is 3. The molecule has 0 N–H and O–H groups in total. The summed E-state index contributed by atoms with van der Waals surface area (Å²) in [6.45, 7) is 0. The second kappa shape index (κ2) is 7.96. The maximum atomic E-state index is 12.7. The van der Waals surface area contributed by atoms with Crippen molar-refractivity contribution in [3.05, 3.63) is 77.1 Å². The average molecular weight is 422 g/mol. The highest BCUT2D eigenvalue weighted by molar-refractivity contribution is 6.29. The molecule has 0 unspecified atom stereocenters. The molecule has 4 aromatic rings. The van der Waals surface area contributed by atoms with Crippen LogP contribution in [-0.4, -0.2) is 40.9 Å². The molecule has 8 heteroatoms. The molecule has 2 heterocycles. The Morgan fingerprint density at radius 1 is 0.933 bits per heavy atom. The average Bonchev–Trinajstić information content (AvgIpc) is 3.19. The second-order valence-corrected chi connectivity index (χ2v) is 6.73. The van der Waals surface area contributed by atoms with Gasteiger partial charge in [0.2, 0.25) is 0 Å². The fourth-order valence-electron chi connectivity index (χ4n) is 3.20. The summed E-state index contributed by atoms with van der Waals surface area (Å²) in [5, 5.41) is 5.77. The van der Waals surface area contributed by atoms with Gasteiger partial charge in [-0.1, -0.05) is 35.9 Å². The first-order valence-electron chi connectivity index (χ1n) is 8.95. The van der Waals surface area contributed by atoms with Crippen molar-refractivity contribution in [1.82, 2.24) is 14.8 Å². The molecule has 150 valence electrons. The van der Waals surface area contributed by atoms with Crippen molar-refractivity contribution in [3.63, 3.8) is 0 Å². The third-order valence-electron chi connectivity index (χ3n) is 4.58. The smallest absolute Gasteiger partial charge is 0.357 e. The standard InChI is InChI=1S/C22H16ClN3O4/c1-29-21(27)18-19(14-8-10-16-13(12-14)9-11-17(23)24-16)25-26(20(18)22(28)30-2)15-6-4-3-5-7-15/h3-12H,1-2H3. The van der Waals surface area contributed by atoms with Crippen molar-refractivity contribution in [2.24, 2.45) is 0 Å². The van der Waals surface area contributed by atoms with E-state index in [1.165, 1.54) is 18.9 Å². The lowest BCUT2D eigenvalue weighted by Crippen LogP contribution is -2.15. The number of rotatable bonds is 4. The minimum atomic E-state index is -0.702. The fourth-order valence-corrected chi connectivity index (χ4v) is 3.36. The maximum absolute atomic E-state index is 12.7. The normalized spacial score (nSPS) is 10.8. The van der Waals surface area contributed by atoms with E-state index in [0.717, 1.165) is 5.39 Å². The van der Waals surface area contributed by atoms with Crippen LogP contribution in [0.1, 0.15) is 20.8 Å². The van der Waals surface area contributed by atoms with Gasteiger partial charge in [0.15, 0.2) is 5.69 Å². The van der Waals surface area contributed by atoms with Crippen LogP contribution in [0, 0.1) is 0 Å². The Morgan fingerprint density at radius 2 is 1.67 bits per heavy atom. The van der Waals surface area contributed by atoms with Gasteiger partial charge in [-0.3, -0.25) is 0 Å². The summed E-state index contributed by atoms with van der Waals surface area (Å²) in [4.78, 5) is 29.6. The summed E-state index contributed by atoms with van der Waals surface area (Å²) in [7, 11) is 2.50. The molecule has 0 bridgehead atoms. The SMILES string of the molecule is COC(=O)c1c(-c2ccc3nc(Cl)ccc3c2)nn(-c2ccccc2)c1C(=O)OC. The zero-order valence-corrected chi connectivity index (χ0v) is 16.9. The minimum Gasteiger partial charge on any atom is -0.465 e. The number of esters is 2. The van der Waals surface area contributed by atoms with Gasteiger partial charge in [-0.2, -0.15) is 5.10 Å². The summed E-state index contributed by atoms with van der Waals surface area (Å²) >= 11 is 5.96. The van der Waals surface area contributed by atoms with Crippen LogP contribution in [0.2, 0.25) is 5.15 Å². The Bertz CT molecular complexity index is 1270. The van der Waals surface area contributed by atoms with Crippen molar-refractivity contribution in [2.75, 3.05) is 14.2 Å². The van der Waals surface area contributed by atoms with Gasteiger partial charge in [0.1, 0.15) is 16.4 Å². The number of para-hydroxylation sites is 1. The number of hydrogen-bond donors (Lipinski definition) is 0. The van der Waals surface area contributed by atoms with Gasteiger partial charge < -0.3 is 9.47 Å². The van der Waals surface area contributed by atoms with Crippen LogP contribution in [0.25, 0.3) is 27.8 Å². The number of benzene rings is 2. The van der Waals surface area contributed by atoms with E-state index in [9.17, 15) is 9.59 Å². The Balaban J connectivity index is 2.02. The molecule has 30 heavy (non-hydrogen) atoms. The van der Waals surface area contributed by atoms with Crippen LogP contribution in [-0.2, 0) is 9.47 Å². The van der Waals surface area contributed by atoms with Crippen molar-refractivity contribution in [3.8, 4) is 16.9 Å². The molecule has 4 rings (SSSR count). The van der Waals surface area contributed by atoms with Crippen molar-refractivity contribution in [1.29, 1.82) is 0 Å². The predicted molar refractivity (Wildman–Crippen MR) is 112 cm³/mol. The van der Waals surface area contributed by atoms with E-state index in [1.54, 1.807) is 42.5 Å². The monoisotopic (exact) mass is 421 g/mol. The van der Waals surface area contributed by atoms with Gasteiger partial charge in [-0.15, -0.1) is 0 Å². The summed E-state index contributed by atoms with van der Waals surface area (Å²) in [6, 6.07) is 17.9. The number of methoxy groups -OCH3 is 2. The van der Waals surface area contributed by atoms with E-state index in [0.29, 0.717) is 27.6 Å². The number of nitrogens with zero attached hydrogens (tertiary/aromatic N) is 3. The molecule has 0 amide bonds. The van der Waals surface area contributed by atoms with E-state index in [4.69, 9.17) is 21.1 Å². The van der Waals surface area contributed by atoms with Gasteiger partial charge in [-0.05, 0) is 36.4 Å². The highest BCUT2D eigenvalue weighted by Gasteiger charge is 2.31. The van der Waals surface area contributed by atoms with E-state index in [-0.39, 0.29) is 11.3 Å². The van der Waals surface area contributed by atoms with Crippen LogP contribution in [0.3, 0.4) is 0 Å². The summed E-state index contributed by atoms with van der Waals surface area (Å²) in [5.41, 5.74) is 2.22. The van der Waals surface area contributed by atoms with E-state index < -0.39 is 11.9 Å². The summed E-state index contributed by atoms with van der Waals surface area (Å²) < 4.78 is 11.3. The Kier molecular flexibility index (Phi) is 5.20. The Labute approximate surface area is 176 Å². The highest BCUT2D eigenvalue weighted by Crippen LogP contribution is 2.31. The lowest BCUT2D eigenvalue weighted by atomic mass is 10.0. The van der Waals surface area contributed by atoms with E-state index in [1.807, 2.05) is 18.2 Å². The molecule has 0 saturated heterocycles. The van der Waals surface area contributed by atoms with Crippen LogP contribution in [0.15, 0.2) is 60.7 Å². The molecule has 7 nitrogen and oxygen atoms in total. The molecule has 0 spiro atoms. The molecule has 2 aromatic carbocycles. The second-order valence-electron chi connectivity index (χ2n) is 6.34.